The second-order valence-corrected chi connectivity index (χ2v) is 4.52. The highest BCUT2D eigenvalue weighted by atomic mass is 15.5. The van der Waals surface area contributed by atoms with Crippen LogP contribution in [0.1, 0.15) is 24.0 Å². The Balaban J connectivity index is 2.22. The fourth-order valence-corrected chi connectivity index (χ4v) is 1.85. The normalized spacial score (nSPS) is 10.8. The Morgan fingerprint density at radius 3 is 2.72 bits per heavy atom. The first kappa shape index (κ1) is 12.7. The van der Waals surface area contributed by atoms with Crippen LogP contribution >= 0.6 is 0 Å². The maximum absolute atomic E-state index is 5.49. The second-order valence-electron chi connectivity index (χ2n) is 4.52. The molecule has 5 nitrogen and oxygen atoms in total. The summed E-state index contributed by atoms with van der Waals surface area (Å²) in [7, 11) is 0. The summed E-state index contributed by atoms with van der Waals surface area (Å²) in [5.41, 5.74) is 9.09. The molecule has 0 saturated heterocycles. The van der Waals surface area contributed by atoms with E-state index in [0.29, 0.717) is 6.54 Å². The number of benzene rings is 1. The lowest BCUT2D eigenvalue weighted by molar-refractivity contribution is 0.548. The molecule has 2 rings (SSSR count). The number of aryl methyl sites for hydroxylation is 3. The molecular formula is C13H19N5. The van der Waals surface area contributed by atoms with E-state index < -0.39 is 0 Å². The molecule has 0 atom stereocenters. The van der Waals surface area contributed by atoms with Gasteiger partial charge in [-0.05, 0) is 60.9 Å². The quantitative estimate of drug-likeness (QED) is 0.814. The lowest BCUT2D eigenvalue weighted by Gasteiger charge is -2.06. The summed E-state index contributed by atoms with van der Waals surface area (Å²) in [5, 5.41) is 11.9. The van der Waals surface area contributed by atoms with Crippen molar-refractivity contribution < 1.29 is 0 Å². The van der Waals surface area contributed by atoms with Crippen LogP contribution in [0.15, 0.2) is 18.2 Å². The van der Waals surface area contributed by atoms with Crippen molar-refractivity contribution in [2.45, 2.75) is 33.2 Å². The van der Waals surface area contributed by atoms with Crippen molar-refractivity contribution in [1.82, 2.24) is 20.2 Å². The van der Waals surface area contributed by atoms with Crippen LogP contribution in [0.5, 0.6) is 0 Å². The van der Waals surface area contributed by atoms with Crippen LogP contribution in [-0.2, 0) is 6.54 Å². The molecule has 0 saturated carbocycles. The Kier molecular flexibility index (Phi) is 4.04. The zero-order valence-corrected chi connectivity index (χ0v) is 10.9. The van der Waals surface area contributed by atoms with E-state index in [0.717, 1.165) is 30.8 Å². The second kappa shape index (κ2) is 5.73. The largest absolute Gasteiger partial charge is 0.330 e. The highest BCUT2D eigenvalue weighted by Gasteiger charge is 2.09. The van der Waals surface area contributed by atoms with Gasteiger partial charge in [0.05, 0.1) is 0 Å². The number of rotatable bonds is 5. The predicted molar refractivity (Wildman–Crippen MR) is 71.0 cm³/mol. The predicted octanol–water partition coefficient (Wildman–Crippen LogP) is 1.70. The molecule has 96 valence electrons. The topological polar surface area (TPSA) is 69.6 Å². The first-order chi connectivity index (χ1) is 8.72. The third kappa shape index (κ3) is 2.73. The summed E-state index contributed by atoms with van der Waals surface area (Å²) >= 11 is 0. The summed E-state index contributed by atoms with van der Waals surface area (Å²) in [6.07, 6.45) is 1.99. The zero-order chi connectivity index (χ0) is 13.0. The minimum absolute atomic E-state index is 0.709. The van der Waals surface area contributed by atoms with E-state index in [-0.39, 0.29) is 0 Å². The van der Waals surface area contributed by atoms with Gasteiger partial charge in [-0.1, -0.05) is 12.1 Å². The number of hydrogen-bond donors (Lipinski definition) is 1. The minimum atomic E-state index is 0.709. The van der Waals surface area contributed by atoms with Crippen LogP contribution in [0.25, 0.3) is 11.4 Å². The van der Waals surface area contributed by atoms with Crippen LogP contribution < -0.4 is 5.73 Å². The summed E-state index contributed by atoms with van der Waals surface area (Å²) in [4.78, 5) is 0. The van der Waals surface area contributed by atoms with Crippen LogP contribution in [0.3, 0.4) is 0 Å². The summed E-state index contributed by atoms with van der Waals surface area (Å²) in [6.45, 7) is 5.72. The maximum atomic E-state index is 5.49. The average molecular weight is 245 g/mol. The van der Waals surface area contributed by atoms with Crippen molar-refractivity contribution in [1.29, 1.82) is 0 Å². The molecule has 0 radical (unpaired) electrons. The zero-order valence-electron chi connectivity index (χ0n) is 10.9. The number of nitrogens with zero attached hydrogens (tertiary/aromatic N) is 4. The smallest absolute Gasteiger partial charge is 0.182 e. The van der Waals surface area contributed by atoms with Gasteiger partial charge in [0.2, 0.25) is 0 Å². The van der Waals surface area contributed by atoms with E-state index in [4.69, 9.17) is 5.73 Å². The Morgan fingerprint density at radius 2 is 2.00 bits per heavy atom. The van der Waals surface area contributed by atoms with E-state index in [1.54, 1.807) is 0 Å². The van der Waals surface area contributed by atoms with E-state index in [1.807, 2.05) is 4.68 Å². The van der Waals surface area contributed by atoms with Crippen molar-refractivity contribution in [3.8, 4) is 11.4 Å². The van der Waals surface area contributed by atoms with Gasteiger partial charge < -0.3 is 5.73 Å². The molecule has 0 unspecified atom stereocenters. The standard InChI is InChI=1S/C13H19N5/c1-10-5-6-12(9-11(10)2)13-15-16-17-18(13)8-4-3-7-14/h5-6,9H,3-4,7-8,14H2,1-2H3. The highest BCUT2D eigenvalue weighted by molar-refractivity contribution is 5.56. The molecule has 1 heterocycles. The van der Waals surface area contributed by atoms with Crippen LogP contribution in [0.4, 0.5) is 0 Å². The van der Waals surface area contributed by atoms with Crippen molar-refractivity contribution in [2.75, 3.05) is 6.54 Å². The number of tetrazole rings is 1. The van der Waals surface area contributed by atoms with Gasteiger partial charge in [-0.15, -0.1) is 5.10 Å². The molecule has 0 spiro atoms. The molecule has 2 N–H and O–H groups in total. The van der Waals surface area contributed by atoms with Gasteiger partial charge in [-0.25, -0.2) is 4.68 Å². The van der Waals surface area contributed by atoms with E-state index >= 15 is 0 Å². The van der Waals surface area contributed by atoms with E-state index in [1.165, 1.54) is 11.1 Å². The first-order valence-electron chi connectivity index (χ1n) is 6.26. The average Bonchev–Trinajstić information content (AvgIpc) is 2.81. The van der Waals surface area contributed by atoms with Gasteiger partial charge in [0.25, 0.3) is 0 Å². The maximum Gasteiger partial charge on any atom is 0.182 e. The lowest BCUT2D eigenvalue weighted by atomic mass is 10.1. The SMILES string of the molecule is Cc1ccc(-c2nnnn2CCCCN)cc1C. The summed E-state index contributed by atoms with van der Waals surface area (Å²) in [5.74, 6) is 0.829. The van der Waals surface area contributed by atoms with Crippen molar-refractivity contribution in [2.24, 2.45) is 5.73 Å². The van der Waals surface area contributed by atoms with Crippen LogP contribution in [-0.4, -0.2) is 26.8 Å². The molecule has 5 heteroatoms. The highest BCUT2D eigenvalue weighted by Crippen LogP contribution is 2.19. The van der Waals surface area contributed by atoms with Crippen LogP contribution in [0, 0.1) is 13.8 Å². The minimum Gasteiger partial charge on any atom is -0.330 e. The number of unbranched alkanes of at least 4 members (excludes halogenated alkanes) is 1. The molecule has 0 aliphatic rings. The number of aromatic nitrogens is 4. The molecule has 18 heavy (non-hydrogen) atoms. The first-order valence-corrected chi connectivity index (χ1v) is 6.26. The molecule has 2 aromatic rings. The Bertz CT molecular complexity index is 518. The van der Waals surface area contributed by atoms with E-state index in [2.05, 4.69) is 47.6 Å². The van der Waals surface area contributed by atoms with E-state index in [9.17, 15) is 0 Å². The summed E-state index contributed by atoms with van der Waals surface area (Å²) < 4.78 is 1.85. The molecule has 0 aliphatic heterocycles. The Labute approximate surface area is 107 Å². The number of nitrogens with two attached hydrogens (primary N) is 1. The Morgan fingerprint density at radius 1 is 1.17 bits per heavy atom. The summed E-state index contributed by atoms with van der Waals surface area (Å²) in [6, 6.07) is 6.29. The fourth-order valence-electron chi connectivity index (χ4n) is 1.85. The molecule has 1 aromatic carbocycles. The van der Waals surface area contributed by atoms with Crippen molar-refractivity contribution in [3.05, 3.63) is 29.3 Å². The molecule has 0 aliphatic carbocycles. The molecule has 0 amide bonds. The van der Waals surface area contributed by atoms with Crippen molar-refractivity contribution in [3.63, 3.8) is 0 Å². The van der Waals surface area contributed by atoms with Gasteiger partial charge in [-0.2, -0.15) is 0 Å². The lowest BCUT2D eigenvalue weighted by Crippen LogP contribution is -2.06. The van der Waals surface area contributed by atoms with Crippen LogP contribution in [0.2, 0.25) is 0 Å². The molecular weight excluding hydrogens is 226 g/mol. The monoisotopic (exact) mass is 245 g/mol. The van der Waals surface area contributed by atoms with Gasteiger partial charge >= 0.3 is 0 Å². The molecule has 1 aromatic heterocycles. The van der Waals surface area contributed by atoms with Gasteiger partial charge in [-0.3, -0.25) is 0 Å². The molecule has 0 bridgehead atoms. The molecule has 0 fully saturated rings. The Hall–Kier alpha value is -1.75. The van der Waals surface area contributed by atoms with Gasteiger partial charge in [0.1, 0.15) is 0 Å². The number of hydrogen-bond acceptors (Lipinski definition) is 4. The van der Waals surface area contributed by atoms with Gasteiger partial charge in [0.15, 0.2) is 5.82 Å². The third-order valence-electron chi connectivity index (χ3n) is 3.12. The third-order valence-corrected chi connectivity index (χ3v) is 3.12. The van der Waals surface area contributed by atoms with Crippen molar-refractivity contribution >= 4 is 0 Å². The van der Waals surface area contributed by atoms with Gasteiger partial charge in [0, 0.05) is 12.1 Å². The fraction of sp³-hybridized carbons (Fsp3) is 0.462.